The molecule has 3 heteroatoms. The zero-order chi connectivity index (χ0) is 24.9. The number of hydrogen-bond donors (Lipinski definition) is 0. The molecule has 0 aliphatic heterocycles. The highest BCUT2D eigenvalue weighted by Gasteiger charge is 2.45. The van der Waals surface area contributed by atoms with E-state index in [0.29, 0.717) is 0 Å². The molecule has 1 atom stereocenters. The first kappa shape index (κ1) is 24.9. The SMILES string of the molecule is C[C@@H](Cc1ccc(C2(C(=O)OC(C)(C)C)CCCC2)cc1)N=C(c1ccccc1)c1ccccc1. The van der Waals surface area contributed by atoms with Crippen molar-refractivity contribution in [1.29, 1.82) is 0 Å². The van der Waals surface area contributed by atoms with Crippen LogP contribution in [0.2, 0.25) is 0 Å². The Morgan fingerprint density at radius 2 is 1.37 bits per heavy atom. The molecular formula is C32H37NO2. The van der Waals surface area contributed by atoms with E-state index >= 15 is 0 Å². The molecule has 1 aliphatic carbocycles. The minimum absolute atomic E-state index is 0.0800. The van der Waals surface area contributed by atoms with Gasteiger partial charge in [0.2, 0.25) is 0 Å². The van der Waals surface area contributed by atoms with Crippen LogP contribution in [0.1, 0.15) is 75.6 Å². The highest BCUT2D eigenvalue weighted by molar-refractivity contribution is 6.12. The number of rotatable bonds is 7. The molecule has 3 nitrogen and oxygen atoms in total. The van der Waals surface area contributed by atoms with Crippen molar-refractivity contribution < 1.29 is 9.53 Å². The fourth-order valence-electron chi connectivity index (χ4n) is 5.04. The molecule has 182 valence electrons. The number of esters is 1. The van der Waals surface area contributed by atoms with E-state index in [1.807, 2.05) is 32.9 Å². The fraction of sp³-hybridized carbons (Fsp3) is 0.375. The van der Waals surface area contributed by atoms with Gasteiger partial charge in [-0.05, 0) is 58.1 Å². The van der Waals surface area contributed by atoms with E-state index in [4.69, 9.17) is 9.73 Å². The highest BCUT2D eigenvalue weighted by atomic mass is 16.6. The van der Waals surface area contributed by atoms with E-state index in [-0.39, 0.29) is 12.0 Å². The van der Waals surface area contributed by atoms with Crippen molar-refractivity contribution in [2.24, 2.45) is 4.99 Å². The molecule has 0 saturated heterocycles. The lowest BCUT2D eigenvalue weighted by atomic mass is 9.78. The molecule has 35 heavy (non-hydrogen) atoms. The Labute approximate surface area is 210 Å². The molecule has 0 amide bonds. The van der Waals surface area contributed by atoms with Gasteiger partial charge in [-0.2, -0.15) is 0 Å². The van der Waals surface area contributed by atoms with Gasteiger partial charge in [-0.3, -0.25) is 9.79 Å². The summed E-state index contributed by atoms with van der Waals surface area (Å²) in [6.07, 6.45) is 4.69. The van der Waals surface area contributed by atoms with Crippen molar-refractivity contribution in [3.8, 4) is 0 Å². The Kier molecular flexibility index (Phi) is 7.54. The molecule has 0 radical (unpaired) electrons. The molecule has 3 aromatic rings. The average molecular weight is 468 g/mol. The molecule has 0 spiro atoms. The Morgan fingerprint density at radius 1 is 0.857 bits per heavy atom. The summed E-state index contributed by atoms with van der Waals surface area (Å²) in [5, 5.41) is 0. The van der Waals surface area contributed by atoms with Crippen LogP contribution < -0.4 is 0 Å². The van der Waals surface area contributed by atoms with Crippen LogP contribution in [0.15, 0.2) is 89.9 Å². The number of hydrogen-bond acceptors (Lipinski definition) is 3. The summed E-state index contributed by atoms with van der Waals surface area (Å²) in [4.78, 5) is 18.3. The van der Waals surface area contributed by atoms with Gasteiger partial charge in [0, 0.05) is 11.1 Å². The zero-order valence-corrected chi connectivity index (χ0v) is 21.5. The number of benzene rings is 3. The normalized spacial score (nSPS) is 15.9. The third-order valence-corrected chi connectivity index (χ3v) is 6.73. The Hall–Kier alpha value is -3.20. The molecule has 1 aliphatic rings. The minimum atomic E-state index is -0.511. The summed E-state index contributed by atoms with van der Waals surface area (Å²) in [5.74, 6) is -0.0800. The Bertz CT molecular complexity index is 1090. The lowest BCUT2D eigenvalue weighted by Gasteiger charge is -2.31. The van der Waals surface area contributed by atoms with Crippen LogP contribution in [0.4, 0.5) is 0 Å². The molecule has 1 fully saturated rings. The predicted octanol–water partition coefficient (Wildman–Crippen LogP) is 7.31. The lowest BCUT2D eigenvalue weighted by Crippen LogP contribution is -2.39. The average Bonchev–Trinajstić information content (AvgIpc) is 3.35. The third kappa shape index (κ3) is 6.08. The smallest absolute Gasteiger partial charge is 0.317 e. The summed E-state index contributed by atoms with van der Waals surface area (Å²) in [6.45, 7) is 7.99. The maximum Gasteiger partial charge on any atom is 0.317 e. The summed E-state index contributed by atoms with van der Waals surface area (Å²) in [7, 11) is 0. The number of carbonyl (C=O) groups is 1. The standard InChI is InChI=1S/C32H37NO2/c1-24(33-29(26-13-7-5-8-14-26)27-15-9-6-10-16-27)23-25-17-19-28(20-18-25)32(21-11-12-22-32)30(34)35-31(2,3)4/h5-10,13-20,24H,11-12,21-23H2,1-4H3/t24-/m0/s1. The predicted molar refractivity (Wildman–Crippen MR) is 144 cm³/mol. The van der Waals surface area contributed by atoms with Gasteiger partial charge < -0.3 is 4.74 Å². The maximum absolute atomic E-state index is 13.2. The monoisotopic (exact) mass is 467 g/mol. The molecule has 0 unspecified atom stereocenters. The van der Waals surface area contributed by atoms with Crippen LogP contribution in [0.25, 0.3) is 0 Å². The zero-order valence-electron chi connectivity index (χ0n) is 21.5. The van der Waals surface area contributed by atoms with Gasteiger partial charge in [0.25, 0.3) is 0 Å². The van der Waals surface area contributed by atoms with Gasteiger partial charge in [0.1, 0.15) is 5.60 Å². The fourth-order valence-corrected chi connectivity index (χ4v) is 5.04. The van der Waals surface area contributed by atoms with Crippen LogP contribution in [0.5, 0.6) is 0 Å². The number of aliphatic imine (C=N–C) groups is 1. The highest BCUT2D eigenvalue weighted by Crippen LogP contribution is 2.43. The van der Waals surface area contributed by atoms with Crippen LogP contribution in [0.3, 0.4) is 0 Å². The first-order chi connectivity index (χ1) is 16.8. The minimum Gasteiger partial charge on any atom is -0.459 e. The van der Waals surface area contributed by atoms with Crippen molar-refractivity contribution in [2.75, 3.05) is 0 Å². The summed E-state index contributed by atoms with van der Waals surface area (Å²) in [6, 6.07) is 29.5. The molecule has 1 saturated carbocycles. The van der Waals surface area contributed by atoms with Crippen LogP contribution >= 0.6 is 0 Å². The largest absolute Gasteiger partial charge is 0.459 e. The quantitative estimate of drug-likeness (QED) is 0.270. The molecular weight excluding hydrogens is 430 g/mol. The van der Waals surface area contributed by atoms with Crippen molar-refractivity contribution in [3.63, 3.8) is 0 Å². The molecule has 0 heterocycles. The first-order valence-corrected chi connectivity index (χ1v) is 12.8. The molecule has 0 N–H and O–H groups in total. The van der Waals surface area contributed by atoms with Gasteiger partial charge in [-0.1, -0.05) is 97.8 Å². The van der Waals surface area contributed by atoms with Crippen LogP contribution in [0, 0.1) is 0 Å². The number of carbonyl (C=O) groups excluding carboxylic acids is 1. The van der Waals surface area contributed by atoms with E-state index in [9.17, 15) is 4.79 Å². The maximum atomic E-state index is 13.2. The van der Waals surface area contributed by atoms with Crippen molar-refractivity contribution in [3.05, 3.63) is 107 Å². The second-order valence-corrected chi connectivity index (χ2v) is 10.8. The van der Waals surface area contributed by atoms with Crippen molar-refractivity contribution >= 4 is 11.7 Å². The Balaban J connectivity index is 1.54. The topological polar surface area (TPSA) is 38.7 Å². The molecule has 0 bridgehead atoms. The van der Waals surface area contributed by atoms with E-state index in [0.717, 1.165) is 54.5 Å². The summed E-state index contributed by atoms with van der Waals surface area (Å²) < 4.78 is 5.85. The van der Waals surface area contributed by atoms with Gasteiger partial charge in [-0.25, -0.2) is 0 Å². The van der Waals surface area contributed by atoms with Crippen molar-refractivity contribution in [1.82, 2.24) is 0 Å². The van der Waals surface area contributed by atoms with Gasteiger partial charge in [-0.15, -0.1) is 0 Å². The lowest BCUT2D eigenvalue weighted by molar-refractivity contribution is -0.162. The van der Waals surface area contributed by atoms with Crippen LogP contribution in [-0.4, -0.2) is 23.3 Å². The molecule has 0 aromatic heterocycles. The summed E-state index contributed by atoms with van der Waals surface area (Å²) in [5.41, 5.74) is 4.59. The van der Waals surface area contributed by atoms with E-state index in [1.165, 1.54) is 5.56 Å². The van der Waals surface area contributed by atoms with Gasteiger partial charge in [0.05, 0.1) is 17.2 Å². The first-order valence-electron chi connectivity index (χ1n) is 12.8. The Morgan fingerprint density at radius 3 is 1.86 bits per heavy atom. The van der Waals surface area contributed by atoms with Crippen molar-refractivity contribution in [2.45, 2.75) is 76.9 Å². The van der Waals surface area contributed by atoms with Gasteiger partial charge >= 0.3 is 5.97 Å². The second kappa shape index (κ2) is 10.6. The summed E-state index contributed by atoms with van der Waals surface area (Å²) >= 11 is 0. The molecule has 3 aromatic carbocycles. The number of nitrogens with zero attached hydrogens (tertiary/aromatic N) is 1. The van der Waals surface area contributed by atoms with E-state index < -0.39 is 11.0 Å². The van der Waals surface area contributed by atoms with E-state index in [2.05, 4.69) is 79.7 Å². The van der Waals surface area contributed by atoms with Gasteiger partial charge in [0.15, 0.2) is 0 Å². The second-order valence-electron chi connectivity index (χ2n) is 10.8. The number of ether oxygens (including phenoxy) is 1. The molecule has 4 rings (SSSR count). The third-order valence-electron chi connectivity index (χ3n) is 6.73. The van der Waals surface area contributed by atoms with Crippen LogP contribution in [-0.2, 0) is 21.4 Å². The van der Waals surface area contributed by atoms with E-state index in [1.54, 1.807) is 0 Å².